The number of allylic oxidation sites excluding steroid dienone is 3. The van der Waals surface area contributed by atoms with Crippen LogP contribution >= 0.6 is 11.6 Å². The van der Waals surface area contributed by atoms with E-state index in [9.17, 15) is 0 Å². The molecule has 0 bridgehead atoms. The van der Waals surface area contributed by atoms with Crippen molar-refractivity contribution in [1.82, 2.24) is 10.3 Å². The Morgan fingerprint density at radius 3 is 3.25 bits per heavy atom. The number of rotatable bonds is 0. The molecule has 0 unspecified atom stereocenters. The van der Waals surface area contributed by atoms with Gasteiger partial charge in [0.15, 0.2) is 5.17 Å². The van der Waals surface area contributed by atoms with Crippen molar-refractivity contribution in [1.29, 1.82) is 0 Å². The molecule has 0 amide bonds. The molecule has 0 radical (unpaired) electrons. The molecule has 0 saturated carbocycles. The zero-order chi connectivity index (χ0) is 8.55. The van der Waals surface area contributed by atoms with Gasteiger partial charge in [-0.05, 0) is 13.0 Å². The third-order valence-corrected chi connectivity index (χ3v) is 2.02. The van der Waals surface area contributed by atoms with Crippen LogP contribution in [0.25, 0.3) is 0 Å². The summed E-state index contributed by atoms with van der Waals surface area (Å²) in [7, 11) is 0. The zero-order valence-electron chi connectivity index (χ0n) is 6.58. The largest absolute Gasteiger partial charge is 0.345 e. The van der Waals surface area contributed by atoms with Crippen molar-refractivity contribution in [2.24, 2.45) is 5.10 Å². The molecular weight excluding hydrogens is 174 g/mol. The topological polar surface area (TPSA) is 27.6 Å². The minimum atomic E-state index is 0.523. The lowest BCUT2D eigenvalue weighted by Gasteiger charge is -2.17. The van der Waals surface area contributed by atoms with Gasteiger partial charge in [-0.1, -0.05) is 17.7 Å². The third kappa shape index (κ3) is 1.02. The van der Waals surface area contributed by atoms with Crippen LogP contribution in [0.2, 0.25) is 0 Å². The molecule has 2 rings (SSSR count). The summed E-state index contributed by atoms with van der Waals surface area (Å²) in [4.78, 5) is 0. The van der Waals surface area contributed by atoms with E-state index in [1.807, 2.05) is 31.5 Å². The zero-order valence-corrected chi connectivity index (χ0v) is 7.34. The van der Waals surface area contributed by atoms with E-state index in [0.717, 1.165) is 11.4 Å². The summed E-state index contributed by atoms with van der Waals surface area (Å²) in [6.45, 7) is 1.93. The van der Waals surface area contributed by atoms with Crippen LogP contribution in [0.3, 0.4) is 0 Å². The van der Waals surface area contributed by atoms with Crippen molar-refractivity contribution in [3.05, 3.63) is 35.9 Å². The van der Waals surface area contributed by atoms with Gasteiger partial charge in [0.1, 0.15) is 5.82 Å². The molecule has 4 heteroatoms. The summed E-state index contributed by atoms with van der Waals surface area (Å²) in [5.41, 5.74) is 0.944. The maximum atomic E-state index is 5.88. The highest BCUT2D eigenvalue weighted by Gasteiger charge is 2.17. The molecule has 0 aromatic carbocycles. The molecule has 0 aliphatic carbocycles. The highest BCUT2D eigenvalue weighted by Crippen LogP contribution is 2.20. The first-order valence-corrected chi connectivity index (χ1v) is 4.04. The Morgan fingerprint density at radius 1 is 1.67 bits per heavy atom. The van der Waals surface area contributed by atoms with Crippen molar-refractivity contribution in [2.75, 3.05) is 0 Å². The average molecular weight is 182 g/mol. The lowest BCUT2D eigenvalue weighted by atomic mass is 10.2. The lowest BCUT2D eigenvalue weighted by molar-refractivity contribution is 0.497. The molecular formula is C8H8ClN3. The predicted molar refractivity (Wildman–Crippen MR) is 49.2 cm³/mol. The Morgan fingerprint density at radius 2 is 2.50 bits per heavy atom. The Hall–Kier alpha value is -1.22. The number of hydrogen-bond acceptors (Lipinski definition) is 3. The van der Waals surface area contributed by atoms with Gasteiger partial charge in [0.25, 0.3) is 0 Å². The van der Waals surface area contributed by atoms with E-state index < -0.39 is 0 Å². The molecule has 2 aliphatic heterocycles. The first-order chi connectivity index (χ1) is 5.81. The quantitative estimate of drug-likeness (QED) is 0.616. The van der Waals surface area contributed by atoms with Crippen LogP contribution in [0.15, 0.2) is 41.0 Å². The lowest BCUT2D eigenvalue weighted by Crippen LogP contribution is -2.19. The molecule has 2 aliphatic rings. The second-order valence-electron chi connectivity index (χ2n) is 2.47. The standard InChI is InChI=1S/C8H8ClN3/c1-2-6-5-7-10-3-4-12(7)11-8(6)9/h2-5,10H,1H3. The van der Waals surface area contributed by atoms with Gasteiger partial charge in [-0.15, -0.1) is 0 Å². The van der Waals surface area contributed by atoms with Gasteiger partial charge in [0, 0.05) is 18.0 Å². The Bertz CT molecular complexity index is 325. The number of fused-ring (bicyclic) bond motifs is 1. The van der Waals surface area contributed by atoms with Crippen LogP contribution in [-0.2, 0) is 0 Å². The smallest absolute Gasteiger partial charge is 0.157 e. The maximum Gasteiger partial charge on any atom is 0.157 e. The van der Waals surface area contributed by atoms with E-state index in [4.69, 9.17) is 11.6 Å². The van der Waals surface area contributed by atoms with Crippen LogP contribution in [-0.4, -0.2) is 10.2 Å². The van der Waals surface area contributed by atoms with Gasteiger partial charge in [-0.2, -0.15) is 5.10 Å². The Balaban J connectivity index is 2.39. The molecule has 0 fully saturated rings. The van der Waals surface area contributed by atoms with E-state index in [1.54, 1.807) is 5.01 Å². The molecule has 3 nitrogen and oxygen atoms in total. The summed E-state index contributed by atoms with van der Waals surface area (Å²) in [5, 5.41) is 9.40. The predicted octanol–water partition coefficient (Wildman–Crippen LogP) is 1.72. The third-order valence-electron chi connectivity index (χ3n) is 1.73. The van der Waals surface area contributed by atoms with E-state index >= 15 is 0 Å². The molecule has 0 aromatic rings. The molecule has 2 heterocycles. The SMILES string of the molecule is CC=C1C=C2NC=CN2N=C1Cl. The highest BCUT2D eigenvalue weighted by atomic mass is 35.5. The minimum absolute atomic E-state index is 0.523. The fourth-order valence-corrected chi connectivity index (χ4v) is 1.34. The molecule has 0 aromatic heterocycles. The van der Waals surface area contributed by atoms with Crippen LogP contribution in [0.4, 0.5) is 0 Å². The molecule has 62 valence electrons. The summed E-state index contributed by atoms with van der Waals surface area (Å²) in [6, 6.07) is 0. The number of hydrogen-bond donors (Lipinski definition) is 1. The van der Waals surface area contributed by atoms with Gasteiger partial charge in [-0.25, -0.2) is 5.01 Å². The number of halogens is 1. The van der Waals surface area contributed by atoms with Gasteiger partial charge < -0.3 is 5.32 Å². The summed E-state index contributed by atoms with van der Waals surface area (Å²) < 4.78 is 0. The Labute approximate surface area is 75.7 Å². The van der Waals surface area contributed by atoms with Crippen LogP contribution in [0.5, 0.6) is 0 Å². The first-order valence-electron chi connectivity index (χ1n) is 3.66. The number of nitrogens with one attached hydrogen (secondary N) is 1. The van der Waals surface area contributed by atoms with Gasteiger partial charge in [-0.3, -0.25) is 0 Å². The molecule has 0 atom stereocenters. The Kier molecular flexibility index (Phi) is 1.66. The second kappa shape index (κ2) is 2.68. The van der Waals surface area contributed by atoms with E-state index in [-0.39, 0.29) is 0 Å². The molecule has 0 spiro atoms. The highest BCUT2D eigenvalue weighted by molar-refractivity contribution is 6.70. The van der Waals surface area contributed by atoms with E-state index in [2.05, 4.69) is 10.4 Å². The van der Waals surface area contributed by atoms with E-state index in [0.29, 0.717) is 5.17 Å². The monoisotopic (exact) mass is 181 g/mol. The fraction of sp³-hybridized carbons (Fsp3) is 0.125. The van der Waals surface area contributed by atoms with E-state index in [1.165, 1.54) is 0 Å². The van der Waals surface area contributed by atoms with Gasteiger partial charge in [0.05, 0.1) is 0 Å². The van der Waals surface area contributed by atoms with Crippen molar-refractivity contribution in [3.63, 3.8) is 0 Å². The fourth-order valence-electron chi connectivity index (χ4n) is 1.10. The minimum Gasteiger partial charge on any atom is -0.345 e. The molecule has 0 saturated heterocycles. The number of hydrazone groups is 1. The van der Waals surface area contributed by atoms with Crippen LogP contribution < -0.4 is 5.32 Å². The van der Waals surface area contributed by atoms with Crippen molar-refractivity contribution < 1.29 is 0 Å². The second-order valence-corrected chi connectivity index (χ2v) is 2.83. The average Bonchev–Trinajstić information content (AvgIpc) is 2.49. The summed E-state index contributed by atoms with van der Waals surface area (Å²) in [5.74, 6) is 0.938. The molecule has 12 heavy (non-hydrogen) atoms. The molecule has 1 N–H and O–H groups in total. The van der Waals surface area contributed by atoms with Gasteiger partial charge in [0.2, 0.25) is 0 Å². The maximum absolute atomic E-state index is 5.88. The van der Waals surface area contributed by atoms with Gasteiger partial charge >= 0.3 is 0 Å². The number of nitrogens with zero attached hydrogens (tertiary/aromatic N) is 2. The summed E-state index contributed by atoms with van der Waals surface area (Å²) in [6.07, 6.45) is 7.52. The first kappa shape index (κ1) is 7.43. The van der Waals surface area contributed by atoms with Crippen molar-refractivity contribution in [3.8, 4) is 0 Å². The van der Waals surface area contributed by atoms with Crippen LogP contribution in [0, 0.1) is 0 Å². The van der Waals surface area contributed by atoms with Crippen molar-refractivity contribution in [2.45, 2.75) is 6.92 Å². The summed E-state index contributed by atoms with van der Waals surface area (Å²) >= 11 is 5.88. The normalized spacial score (nSPS) is 23.5. The van der Waals surface area contributed by atoms with Crippen molar-refractivity contribution >= 4 is 16.8 Å². The van der Waals surface area contributed by atoms with Crippen LogP contribution in [0.1, 0.15) is 6.92 Å².